The highest BCUT2D eigenvalue weighted by molar-refractivity contribution is 6.35. The molecular weight excluding hydrogens is 415 g/mol. The summed E-state index contributed by atoms with van der Waals surface area (Å²) in [4.78, 5) is 37.9. The summed E-state index contributed by atoms with van der Waals surface area (Å²) in [6, 6.07) is 6.45. The van der Waals surface area contributed by atoms with Gasteiger partial charge in [-0.3, -0.25) is 14.5 Å². The third-order valence-electron chi connectivity index (χ3n) is 4.28. The SMILES string of the molecule is CC1(c2ccc(F)c(F)c2)NC(=O)N(CC(=O)Nc2cc(Cl)ccc2Cl)C1=O. The molecule has 1 saturated heterocycles. The van der Waals surface area contributed by atoms with Crippen LogP contribution in [0.1, 0.15) is 12.5 Å². The van der Waals surface area contributed by atoms with E-state index >= 15 is 0 Å². The van der Waals surface area contributed by atoms with Crippen molar-refractivity contribution in [2.75, 3.05) is 11.9 Å². The first-order chi connectivity index (χ1) is 13.1. The molecule has 0 bridgehead atoms. The fraction of sp³-hybridized carbons (Fsp3) is 0.167. The van der Waals surface area contributed by atoms with Crippen LogP contribution >= 0.6 is 23.2 Å². The maximum atomic E-state index is 13.5. The molecule has 28 heavy (non-hydrogen) atoms. The fourth-order valence-corrected chi connectivity index (χ4v) is 3.11. The maximum Gasteiger partial charge on any atom is 0.325 e. The van der Waals surface area contributed by atoms with Gasteiger partial charge in [-0.1, -0.05) is 29.3 Å². The third kappa shape index (κ3) is 3.65. The zero-order valence-electron chi connectivity index (χ0n) is 14.4. The molecule has 0 spiro atoms. The normalized spacial score (nSPS) is 19.0. The van der Waals surface area contributed by atoms with Crippen molar-refractivity contribution in [2.24, 2.45) is 0 Å². The number of halogens is 4. The monoisotopic (exact) mass is 427 g/mol. The van der Waals surface area contributed by atoms with Crippen molar-refractivity contribution in [3.8, 4) is 0 Å². The van der Waals surface area contributed by atoms with Gasteiger partial charge in [0, 0.05) is 5.02 Å². The van der Waals surface area contributed by atoms with Crippen LogP contribution in [0.4, 0.5) is 19.3 Å². The number of carbonyl (C=O) groups excluding carboxylic acids is 3. The van der Waals surface area contributed by atoms with Gasteiger partial charge in [-0.25, -0.2) is 13.6 Å². The Morgan fingerprint density at radius 3 is 2.54 bits per heavy atom. The summed E-state index contributed by atoms with van der Waals surface area (Å²) >= 11 is 11.8. The van der Waals surface area contributed by atoms with E-state index in [0.717, 1.165) is 12.1 Å². The summed E-state index contributed by atoms with van der Waals surface area (Å²) in [7, 11) is 0. The maximum absolute atomic E-state index is 13.5. The average Bonchev–Trinajstić information content (AvgIpc) is 2.84. The zero-order valence-corrected chi connectivity index (χ0v) is 15.9. The van der Waals surface area contributed by atoms with Crippen molar-refractivity contribution in [3.05, 3.63) is 63.6 Å². The summed E-state index contributed by atoms with van der Waals surface area (Å²) in [5.74, 6) is -3.72. The van der Waals surface area contributed by atoms with Crippen molar-refractivity contribution in [1.82, 2.24) is 10.2 Å². The van der Waals surface area contributed by atoms with Crippen molar-refractivity contribution in [2.45, 2.75) is 12.5 Å². The number of nitrogens with zero attached hydrogens (tertiary/aromatic N) is 1. The molecule has 4 amide bonds. The standard InChI is InChI=1S/C18H13Cl2F2N3O3/c1-18(9-2-5-12(21)13(22)6-9)16(27)25(17(28)24-18)8-15(26)23-14-7-10(19)3-4-11(14)20/h2-7H,8H2,1H3,(H,23,26)(H,24,28). The van der Waals surface area contributed by atoms with Gasteiger partial charge in [-0.2, -0.15) is 0 Å². The van der Waals surface area contributed by atoms with Crippen molar-refractivity contribution >= 4 is 46.7 Å². The molecule has 146 valence electrons. The highest BCUT2D eigenvalue weighted by Gasteiger charge is 2.49. The largest absolute Gasteiger partial charge is 0.325 e. The Balaban J connectivity index is 1.79. The molecule has 2 N–H and O–H groups in total. The molecular formula is C18H13Cl2F2N3O3. The Hall–Kier alpha value is -2.71. The molecule has 6 nitrogen and oxygen atoms in total. The van der Waals surface area contributed by atoms with E-state index in [0.29, 0.717) is 9.92 Å². The predicted molar refractivity (Wildman–Crippen MR) is 99.0 cm³/mol. The molecule has 1 aliphatic heterocycles. The molecule has 1 heterocycles. The van der Waals surface area contributed by atoms with Gasteiger partial charge in [-0.15, -0.1) is 0 Å². The van der Waals surface area contributed by atoms with Crippen molar-refractivity contribution in [3.63, 3.8) is 0 Å². The number of amides is 4. The van der Waals surface area contributed by atoms with Crippen LogP contribution in [-0.4, -0.2) is 29.3 Å². The highest BCUT2D eigenvalue weighted by Crippen LogP contribution is 2.30. The lowest BCUT2D eigenvalue weighted by molar-refractivity contribution is -0.133. The number of hydrogen-bond acceptors (Lipinski definition) is 3. The third-order valence-corrected chi connectivity index (χ3v) is 4.84. The van der Waals surface area contributed by atoms with E-state index < -0.39 is 41.6 Å². The average molecular weight is 428 g/mol. The van der Waals surface area contributed by atoms with Gasteiger partial charge in [0.1, 0.15) is 12.1 Å². The number of rotatable bonds is 4. The number of urea groups is 1. The van der Waals surface area contributed by atoms with Gasteiger partial charge < -0.3 is 10.6 Å². The molecule has 2 aromatic rings. The topological polar surface area (TPSA) is 78.5 Å². The summed E-state index contributed by atoms with van der Waals surface area (Å²) < 4.78 is 26.7. The molecule has 1 atom stereocenters. The van der Waals surface area contributed by atoms with Crippen molar-refractivity contribution < 1.29 is 23.2 Å². The minimum absolute atomic E-state index is 0.0468. The van der Waals surface area contributed by atoms with Crippen LogP contribution in [0, 0.1) is 11.6 Å². The second-order valence-corrected chi connectivity index (χ2v) is 7.09. The molecule has 1 fully saturated rings. The minimum Gasteiger partial charge on any atom is -0.323 e. The second kappa shape index (κ2) is 7.37. The Morgan fingerprint density at radius 1 is 1.14 bits per heavy atom. The Labute approximate surface area is 168 Å². The zero-order chi connectivity index (χ0) is 20.6. The first-order valence-corrected chi connectivity index (χ1v) is 8.72. The molecule has 0 radical (unpaired) electrons. The minimum atomic E-state index is -1.64. The number of nitrogens with one attached hydrogen (secondary N) is 2. The van der Waals surface area contributed by atoms with Crippen LogP contribution in [0.5, 0.6) is 0 Å². The summed E-state index contributed by atoms with van der Waals surface area (Å²) in [5, 5.41) is 5.43. The Morgan fingerprint density at radius 2 is 1.86 bits per heavy atom. The molecule has 1 aliphatic rings. The van der Waals surface area contributed by atoms with Gasteiger partial charge in [0.15, 0.2) is 11.6 Å². The molecule has 2 aromatic carbocycles. The number of benzene rings is 2. The van der Waals surface area contributed by atoms with E-state index in [4.69, 9.17) is 23.2 Å². The van der Waals surface area contributed by atoms with Crippen LogP contribution in [-0.2, 0) is 15.1 Å². The van der Waals surface area contributed by atoms with Crippen LogP contribution in [0.2, 0.25) is 10.0 Å². The summed E-state index contributed by atoms with van der Waals surface area (Å²) in [5.41, 5.74) is -1.38. The van der Waals surface area contributed by atoms with E-state index in [-0.39, 0.29) is 16.3 Å². The van der Waals surface area contributed by atoms with E-state index in [1.807, 2.05) is 0 Å². The molecule has 0 saturated carbocycles. The van der Waals surface area contributed by atoms with Crippen LogP contribution in [0.15, 0.2) is 36.4 Å². The number of anilines is 1. The predicted octanol–water partition coefficient (Wildman–Crippen LogP) is 3.68. The van der Waals surface area contributed by atoms with E-state index in [9.17, 15) is 23.2 Å². The lowest BCUT2D eigenvalue weighted by Crippen LogP contribution is -2.42. The molecule has 1 unspecified atom stereocenters. The highest BCUT2D eigenvalue weighted by atomic mass is 35.5. The summed E-state index contributed by atoms with van der Waals surface area (Å²) in [6.45, 7) is 0.735. The van der Waals surface area contributed by atoms with Crippen LogP contribution in [0.25, 0.3) is 0 Å². The van der Waals surface area contributed by atoms with Crippen molar-refractivity contribution in [1.29, 1.82) is 0 Å². The number of imide groups is 1. The molecule has 10 heteroatoms. The lowest BCUT2D eigenvalue weighted by atomic mass is 9.92. The van der Waals surface area contributed by atoms with Gasteiger partial charge in [0.05, 0.1) is 10.7 Å². The van der Waals surface area contributed by atoms with E-state index in [1.165, 1.54) is 31.2 Å². The van der Waals surface area contributed by atoms with Gasteiger partial charge in [0.2, 0.25) is 5.91 Å². The summed E-state index contributed by atoms with van der Waals surface area (Å²) in [6.07, 6.45) is 0. The second-order valence-electron chi connectivity index (χ2n) is 6.25. The van der Waals surface area contributed by atoms with Crippen LogP contribution < -0.4 is 10.6 Å². The Bertz CT molecular complexity index is 1000. The quantitative estimate of drug-likeness (QED) is 0.730. The first kappa shape index (κ1) is 20.0. The van der Waals surface area contributed by atoms with Gasteiger partial charge >= 0.3 is 6.03 Å². The lowest BCUT2D eigenvalue weighted by Gasteiger charge is -2.22. The van der Waals surface area contributed by atoms with E-state index in [1.54, 1.807) is 0 Å². The Kier molecular flexibility index (Phi) is 5.27. The number of hydrogen-bond donors (Lipinski definition) is 2. The van der Waals surface area contributed by atoms with Gasteiger partial charge in [0.25, 0.3) is 5.91 Å². The molecule has 3 rings (SSSR count). The van der Waals surface area contributed by atoms with Gasteiger partial charge in [-0.05, 0) is 42.8 Å². The first-order valence-electron chi connectivity index (χ1n) is 7.96. The number of carbonyl (C=O) groups is 3. The fourth-order valence-electron chi connectivity index (χ4n) is 2.77. The smallest absolute Gasteiger partial charge is 0.323 e. The molecule has 0 aliphatic carbocycles. The molecule has 0 aromatic heterocycles. The van der Waals surface area contributed by atoms with E-state index in [2.05, 4.69) is 10.6 Å². The van der Waals surface area contributed by atoms with Crippen LogP contribution in [0.3, 0.4) is 0 Å².